The smallest absolute Gasteiger partial charge is 0.239 e. The topological polar surface area (TPSA) is 64.1 Å². The Morgan fingerprint density at radius 1 is 1.06 bits per heavy atom. The van der Waals surface area contributed by atoms with Gasteiger partial charge in [0.25, 0.3) is 0 Å². The first kappa shape index (κ1) is 22.5. The molecule has 2 aliphatic heterocycles. The molecule has 8 heteroatoms. The van der Waals surface area contributed by atoms with Crippen molar-refractivity contribution in [2.24, 2.45) is 4.99 Å². The number of carbonyl (C=O) groups excluding carboxylic acids is 1. The summed E-state index contributed by atoms with van der Waals surface area (Å²) in [5, 5.41) is 4.84. The van der Waals surface area contributed by atoms with Crippen LogP contribution in [0.5, 0.6) is 0 Å². The van der Waals surface area contributed by atoms with Crippen molar-refractivity contribution < 1.29 is 4.79 Å². The molecule has 0 bridgehead atoms. The Bertz CT molecular complexity index is 741. The summed E-state index contributed by atoms with van der Waals surface area (Å²) < 4.78 is 0. The maximum Gasteiger partial charge on any atom is 0.239 e. The van der Waals surface area contributed by atoms with Crippen molar-refractivity contribution in [2.75, 3.05) is 52.9 Å². The van der Waals surface area contributed by atoms with Crippen molar-refractivity contribution in [1.82, 2.24) is 25.0 Å². The van der Waals surface area contributed by atoms with Crippen LogP contribution in [0.2, 0.25) is 0 Å². The number of rotatable bonds is 6. The third-order valence-electron chi connectivity index (χ3n) is 6.89. The lowest BCUT2D eigenvalue weighted by Crippen LogP contribution is -2.57. The minimum Gasteiger partial charge on any atom is -0.356 e. The molecule has 0 spiro atoms. The third-order valence-corrected chi connectivity index (χ3v) is 8.11. The summed E-state index contributed by atoms with van der Waals surface area (Å²) in [5.74, 6) is 1.29. The van der Waals surface area contributed by atoms with Gasteiger partial charge in [-0.25, -0.2) is 4.98 Å². The Morgan fingerprint density at radius 3 is 2.52 bits per heavy atom. The zero-order valence-electron chi connectivity index (χ0n) is 19.2. The van der Waals surface area contributed by atoms with Gasteiger partial charge in [0.15, 0.2) is 5.96 Å². The van der Waals surface area contributed by atoms with Gasteiger partial charge in [0.2, 0.25) is 5.91 Å². The van der Waals surface area contributed by atoms with Crippen LogP contribution < -0.4 is 5.32 Å². The van der Waals surface area contributed by atoms with E-state index in [-0.39, 0.29) is 6.04 Å². The average Bonchev–Trinajstić information content (AvgIpc) is 3.48. The molecule has 3 heterocycles. The number of likely N-dealkylation sites (tertiary alicyclic amines) is 1. The summed E-state index contributed by atoms with van der Waals surface area (Å²) in [4.78, 5) is 30.3. The van der Waals surface area contributed by atoms with E-state index < -0.39 is 0 Å². The molecule has 1 N–H and O–H groups in total. The van der Waals surface area contributed by atoms with E-state index in [0.717, 1.165) is 77.5 Å². The first-order valence-corrected chi connectivity index (χ1v) is 12.9. The van der Waals surface area contributed by atoms with Crippen molar-refractivity contribution in [3.05, 3.63) is 15.6 Å². The molecule has 0 saturated carbocycles. The largest absolute Gasteiger partial charge is 0.356 e. The maximum atomic E-state index is 12.7. The van der Waals surface area contributed by atoms with Crippen LogP contribution in [-0.4, -0.2) is 90.5 Å². The molecule has 1 aromatic rings. The van der Waals surface area contributed by atoms with Gasteiger partial charge in [-0.1, -0.05) is 0 Å². The molecule has 1 aromatic heterocycles. The van der Waals surface area contributed by atoms with Crippen LogP contribution in [0.15, 0.2) is 4.99 Å². The highest BCUT2D eigenvalue weighted by Crippen LogP contribution is 2.27. The standard InChI is InChI=1S/C23H38N6OS/c1-18(22(30)28-12-5-6-13-28)27-14-16-29(17-15-27)23(24-2)25-11-7-10-21-26-19-8-3-4-9-20(19)31-21/h18H,3-17H2,1-2H3,(H,24,25). The van der Waals surface area contributed by atoms with Gasteiger partial charge in [-0.15, -0.1) is 11.3 Å². The van der Waals surface area contributed by atoms with E-state index in [1.807, 2.05) is 23.3 Å². The molecule has 0 radical (unpaired) electrons. The van der Waals surface area contributed by atoms with Crippen molar-refractivity contribution in [2.45, 2.75) is 64.3 Å². The second-order valence-electron chi connectivity index (χ2n) is 8.99. The Balaban J connectivity index is 1.18. The number of guanidine groups is 1. The SMILES string of the molecule is CN=C(NCCCc1nc2c(s1)CCCC2)N1CCN(C(C)C(=O)N2CCCC2)CC1. The molecule has 1 aliphatic carbocycles. The number of piperazine rings is 1. The van der Waals surface area contributed by atoms with Crippen molar-refractivity contribution in [3.8, 4) is 0 Å². The molecule has 1 unspecified atom stereocenters. The van der Waals surface area contributed by atoms with E-state index in [2.05, 4.69) is 27.0 Å². The molecule has 3 aliphatic rings. The van der Waals surface area contributed by atoms with Gasteiger partial charge in [0, 0.05) is 64.2 Å². The second-order valence-corrected chi connectivity index (χ2v) is 10.2. The highest BCUT2D eigenvalue weighted by molar-refractivity contribution is 7.11. The first-order valence-electron chi connectivity index (χ1n) is 12.1. The number of aryl methyl sites for hydroxylation is 3. The lowest BCUT2D eigenvalue weighted by molar-refractivity contribution is -0.135. The summed E-state index contributed by atoms with van der Waals surface area (Å²) >= 11 is 1.93. The molecule has 0 aromatic carbocycles. The minimum absolute atomic E-state index is 0.0145. The predicted molar refractivity (Wildman–Crippen MR) is 127 cm³/mol. The number of nitrogens with zero attached hydrogens (tertiary/aromatic N) is 5. The van der Waals surface area contributed by atoms with Gasteiger partial charge in [-0.2, -0.15) is 0 Å². The van der Waals surface area contributed by atoms with Gasteiger partial charge in [-0.05, 0) is 51.9 Å². The number of carbonyl (C=O) groups is 1. The van der Waals surface area contributed by atoms with E-state index in [0.29, 0.717) is 5.91 Å². The maximum absolute atomic E-state index is 12.7. The Labute approximate surface area is 190 Å². The van der Waals surface area contributed by atoms with Gasteiger partial charge in [-0.3, -0.25) is 14.7 Å². The predicted octanol–water partition coefficient (Wildman–Crippen LogP) is 2.16. The lowest BCUT2D eigenvalue weighted by atomic mass is 10.0. The third kappa shape index (κ3) is 5.58. The first-order chi connectivity index (χ1) is 15.2. The summed E-state index contributed by atoms with van der Waals surface area (Å²) in [6.45, 7) is 8.50. The summed E-state index contributed by atoms with van der Waals surface area (Å²) in [6, 6.07) is -0.0145. The van der Waals surface area contributed by atoms with Crippen LogP contribution in [0.1, 0.15) is 54.6 Å². The van der Waals surface area contributed by atoms with Crippen LogP contribution in [0.3, 0.4) is 0 Å². The molecule has 1 amide bonds. The van der Waals surface area contributed by atoms with E-state index in [4.69, 9.17) is 4.98 Å². The number of fused-ring (bicyclic) bond motifs is 1. The monoisotopic (exact) mass is 446 g/mol. The molecular weight excluding hydrogens is 408 g/mol. The molecule has 2 fully saturated rings. The zero-order chi connectivity index (χ0) is 21.6. The Kier molecular flexibility index (Phi) is 7.82. The fraction of sp³-hybridized carbons (Fsp3) is 0.783. The van der Waals surface area contributed by atoms with Gasteiger partial charge in [0.1, 0.15) is 0 Å². The number of aliphatic imine (C=N–C) groups is 1. The number of hydrogen-bond donors (Lipinski definition) is 1. The molecule has 172 valence electrons. The van der Waals surface area contributed by atoms with Gasteiger partial charge >= 0.3 is 0 Å². The van der Waals surface area contributed by atoms with E-state index >= 15 is 0 Å². The summed E-state index contributed by atoms with van der Waals surface area (Å²) in [5.41, 5.74) is 1.37. The summed E-state index contributed by atoms with van der Waals surface area (Å²) in [7, 11) is 1.86. The van der Waals surface area contributed by atoms with Crippen molar-refractivity contribution in [1.29, 1.82) is 0 Å². The van der Waals surface area contributed by atoms with E-state index in [1.54, 1.807) is 0 Å². The molecule has 2 saturated heterocycles. The van der Waals surface area contributed by atoms with Crippen LogP contribution in [0, 0.1) is 0 Å². The number of nitrogens with one attached hydrogen (secondary N) is 1. The average molecular weight is 447 g/mol. The fourth-order valence-electron chi connectivity index (χ4n) is 4.96. The van der Waals surface area contributed by atoms with Crippen LogP contribution in [-0.2, 0) is 24.1 Å². The van der Waals surface area contributed by atoms with Crippen LogP contribution in [0.4, 0.5) is 0 Å². The van der Waals surface area contributed by atoms with Crippen LogP contribution in [0.25, 0.3) is 0 Å². The number of hydrogen-bond acceptors (Lipinski definition) is 5. The number of amides is 1. The van der Waals surface area contributed by atoms with Crippen LogP contribution >= 0.6 is 11.3 Å². The minimum atomic E-state index is -0.0145. The van der Waals surface area contributed by atoms with Crippen molar-refractivity contribution in [3.63, 3.8) is 0 Å². The Hall–Kier alpha value is -1.67. The molecular formula is C23H38N6OS. The highest BCUT2D eigenvalue weighted by Gasteiger charge is 2.30. The number of thiazole rings is 1. The van der Waals surface area contributed by atoms with Gasteiger partial charge < -0.3 is 15.1 Å². The zero-order valence-corrected chi connectivity index (χ0v) is 20.1. The second kappa shape index (κ2) is 10.8. The highest BCUT2D eigenvalue weighted by atomic mass is 32.1. The quantitative estimate of drug-likeness (QED) is 0.412. The molecule has 1 atom stereocenters. The Morgan fingerprint density at radius 2 is 1.81 bits per heavy atom. The fourth-order valence-corrected chi connectivity index (χ4v) is 6.16. The van der Waals surface area contributed by atoms with Crippen molar-refractivity contribution >= 4 is 23.2 Å². The lowest BCUT2D eigenvalue weighted by Gasteiger charge is -2.39. The normalized spacial score (nSPS) is 21.3. The van der Waals surface area contributed by atoms with E-state index in [9.17, 15) is 4.79 Å². The molecule has 31 heavy (non-hydrogen) atoms. The van der Waals surface area contributed by atoms with Gasteiger partial charge in [0.05, 0.1) is 16.7 Å². The summed E-state index contributed by atoms with van der Waals surface area (Å²) in [6.07, 6.45) is 9.45. The molecule has 4 rings (SSSR count). The van der Waals surface area contributed by atoms with E-state index in [1.165, 1.54) is 41.3 Å². The number of aromatic nitrogens is 1. The molecule has 7 nitrogen and oxygen atoms in total.